The van der Waals surface area contributed by atoms with Gasteiger partial charge in [0.25, 0.3) is 0 Å². The molecule has 2 nitrogen and oxygen atoms in total. The molecule has 5 heteroatoms. The molecule has 0 saturated heterocycles. The van der Waals surface area contributed by atoms with Gasteiger partial charge < -0.3 is 5.48 Å². The summed E-state index contributed by atoms with van der Waals surface area (Å²) in [6.07, 6.45) is 0. The predicted octanol–water partition coefficient (Wildman–Crippen LogP) is -0.623. The van der Waals surface area contributed by atoms with Crippen molar-refractivity contribution in [2.75, 3.05) is 0 Å². The summed E-state index contributed by atoms with van der Waals surface area (Å²) in [6, 6.07) is 0. The van der Waals surface area contributed by atoms with E-state index in [1.165, 1.54) is 0 Å². The zero-order valence-corrected chi connectivity index (χ0v) is 5.25. The van der Waals surface area contributed by atoms with Crippen LogP contribution in [0, 0.1) is 0 Å². The summed E-state index contributed by atoms with van der Waals surface area (Å²) >= 11 is 2.94. The first kappa shape index (κ1) is 33.1. The third-order valence-corrected chi connectivity index (χ3v) is 0. The molecule has 0 amide bonds. The first-order chi connectivity index (χ1) is 1.00. The van der Waals surface area contributed by atoms with Crippen molar-refractivity contribution in [1.29, 1.82) is 0 Å². The first-order valence-electron chi connectivity index (χ1n) is 0.123. The molecule has 0 fully saturated rings. The molecule has 0 aliphatic carbocycles. The standard InChI is InChI=1S/Al.Cu.Fe.2O/q+3;;+2;;-2. The minimum absolute atomic E-state index is 0. The summed E-state index contributed by atoms with van der Waals surface area (Å²) in [6.45, 7) is 0. The summed E-state index contributed by atoms with van der Waals surface area (Å²) in [7, 11) is 0. The third kappa shape index (κ3) is 33.4. The fourth-order valence-electron chi connectivity index (χ4n) is 0. The Hall–Kier alpha value is 1.33. The molecule has 0 N–H and O–H groups in total. The molecule has 0 aliphatic rings. The Kier molecular flexibility index (Phi) is 374. The van der Waals surface area contributed by atoms with E-state index < -0.39 is 0 Å². The van der Waals surface area contributed by atoms with Crippen LogP contribution in [0.25, 0.3) is 0 Å². The second-order valence-electron chi connectivity index (χ2n) is 0. The van der Waals surface area contributed by atoms with Crippen LogP contribution in [0.5, 0.6) is 0 Å². The van der Waals surface area contributed by atoms with E-state index >= 15 is 0 Å². The Morgan fingerprint density at radius 1 is 1.20 bits per heavy atom. The van der Waals surface area contributed by atoms with Crippen LogP contribution in [0.2, 0.25) is 0 Å². The Morgan fingerprint density at radius 2 is 1.20 bits per heavy atom. The van der Waals surface area contributed by atoms with Gasteiger partial charge in [0.05, 0.1) is 0 Å². The third-order valence-electron chi connectivity index (χ3n) is 0. The Bertz CT molecular complexity index is 9.61. The van der Waals surface area contributed by atoms with Gasteiger partial charge in [0.1, 0.15) is 0 Å². The van der Waals surface area contributed by atoms with E-state index in [9.17, 15) is 0 Å². The van der Waals surface area contributed by atoms with E-state index in [0.717, 1.165) is 0 Å². The molecule has 0 rings (SSSR count). The Labute approximate surface area is 59.6 Å². The van der Waals surface area contributed by atoms with Crippen LogP contribution in [0.15, 0.2) is 0 Å². The van der Waals surface area contributed by atoms with Crippen molar-refractivity contribution < 1.29 is 42.3 Å². The van der Waals surface area contributed by atoms with Crippen LogP contribution in [0.4, 0.5) is 0 Å². The van der Waals surface area contributed by atoms with Crippen molar-refractivity contribution in [1.82, 2.24) is 0 Å². The van der Waals surface area contributed by atoms with E-state index in [1.807, 2.05) is 0 Å². The second-order valence-corrected chi connectivity index (χ2v) is 0. The van der Waals surface area contributed by atoms with Gasteiger partial charge in [0.2, 0.25) is 0 Å². The second kappa shape index (κ2) is 56.4. The van der Waals surface area contributed by atoms with Gasteiger partial charge in [-0.15, -0.1) is 0 Å². The zero-order chi connectivity index (χ0) is 2.00. The quantitative estimate of drug-likeness (QED) is 0.456. The van der Waals surface area contributed by atoms with Crippen molar-refractivity contribution >= 4 is 17.4 Å². The van der Waals surface area contributed by atoms with E-state index in [4.69, 9.17) is 3.83 Å². The van der Waals surface area contributed by atoms with Crippen molar-refractivity contribution in [2.24, 2.45) is 0 Å². The van der Waals surface area contributed by atoms with Gasteiger partial charge in [0.15, 0.2) is 0 Å². The van der Waals surface area contributed by atoms with Crippen LogP contribution in [0.1, 0.15) is 0 Å². The average Bonchev–Trinajstić information content (AvgIpc) is 1.00. The number of hydrogen-bond acceptors (Lipinski definition) is 1. The molecule has 0 aliphatic heterocycles. The van der Waals surface area contributed by atoms with Gasteiger partial charge >= 0.3 is 54.2 Å². The van der Waals surface area contributed by atoms with Crippen LogP contribution >= 0.6 is 0 Å². The van der Waals surface area contributed by atoms with Gasteiger partial charge in [0, 0.05) is 0 Å². The average molecular weight is 178 g/mol. The first-order valence-corrected chi connectivity index (χ1v) is 0.508. The maximum atomic E-state index is 7.81. The van der Waals surface area contributed by atoms with Crippen LogP contribution in [-0.2, 0) is 42.3 Å². The molecule has 0 heterocycles. The molecule has 0 atom stereocenters. The molecule has 0 saturated carbocycles. The van der Waals surface area contributed by atoms with Gasteiger partial charge in [-0.2, -0.15) is 0 Å². The maximum absolute atomic E-state index is 7.81. The summed E-state index contributed by atoms with van der Waals surface area (Å²) < 4.78 is 7.81. The minimum atomic E-state index is 0. The van der Waals surface area contributed by atoms with Gasteiger partial charge in [-0.1, -0.05) is 0 Å². The van der Waals surface area contributed by atoms with Gasteiger partial charge in [-0.25, -0.2) is 0 Å². The molecule has 0 aromatic rings. The SMILES string of the molecule is [Al+3].[Fe+2].[O-2].[O]=[Cu]. The van der Waals surface area contributed by atoms with Crippen LogP contribution < -0.4 is 0 Å². The van der Waals surface area contributed by atoms with Crippen molar-refractivity contribution in [3.05, 3.63) is 0 Å². The zero-order valence-electron chi connectivity index (χ0n) is 2.05. The van der Waals surface area contributed by atoms with E-state index in [1.54, 1.807) is 0 Å². The molecule has 5 heavy (non-hydrogen) atoms. The van der Waals surface area contributed by atoms with E-state index in [0.29, 0.717) is 0 Å². The molecule has 0 aromatic carbocycles. The molecule has 0 radical (unpaired) electrons. The molecule has 0 bridgehead atoms. The summed E-state index contributed by atoms with van der Waals surface area (Å²) in [5, 5.41) is 0. The van der Waals surface area contributed by atoms with Crippen molar-refractivity contribution in [2.45, 2.75) is 0 Å². The topological polar surface area (TPSA) is 45.6 Å². The summed E-state index contributed by atoms with van der Waals surface area (Å²) in [5.74, 6) is 0. The molecule has 0 aromatic heterocycles. The number of hydrogen-bond donors (Lipinski definition) is 0. The Balaban J connectivity index is -0.00000000167. The van der Waals surface area contributed by atoms with Gasteiger partial charge in [-0.3, -0.25) is 0 Å². The van der Waals surface area contributed by atoms with Gasteiger partial charge in [-0.05, 0) is 0 Å². The van der Waals surface area contributed by atoms with Crippen LogP contribution in [-0.4, -0.2) is 17.4 Å². The summed E-state index contributed by atoms with van der Waals surface area (Å²) in [5.41, 5.74) is 0. The molecule has 0 unspecified atom stereocenters. The van der Waals surface area contributed by atoms with Crippen LogP contribution in [0.3, 0.4) is 0 Å². The fraction of sp³-hybridized carbons (Fsp3) is 0. The summed E-state index contributed by atoms with van der Waals surface area (Å²) in [4.78, 5) is 0. The Morgan fingerprint density at radius 3 is 1.20 bits per heavy atom. The van der Waals surface area contributed by atoms with E-state index in [-0.39, 0.29) is 39.9 Å². The molecular weight excluding hydrogens is 178 g/mol. The molecular formula is AlCuFeO2+3. The monoisotopic (exact) mass is 178 g/mol. The molecule has 0 spiro atoms. The predicted molar refractivity (Wildman–Crippen MR) is 7.13 cm³/mol. The van der Waals surface area contributed by atoms with E-state index in [2.05, 4.69) is 15.9 Å². The normalized spacial score (nSPS) is 1.20. The molecule has 31 valence electrons. The fourth-order valence-corrected chi connectivity index (χ4v) is 0. The van der Waals surface area contributed by atoms with Crippen molar-refractivity contribution in [3.8, 4) is 0 Å². The number of rotatable bonds is 0. The van der Waals surface area contributed by atoms with Crippen molar-refractivity contribution in [3.63, 3.8) is 0 Å².